The van der Waals surface area contributed by atoms with Gasteiger partial charge in [0.05, 0.1) is 4.92 Å². The lowest BCUT2D eigenvalue weighted by molar-refractivity contribution is -0.383. The zero-order valence-corrected chi connectivity index (χ0v) is 10.6. The maximum absolute atomic E-state index is 11.5. The molecule has 18 heavy (non-hydrogen) atoms. The summed E-state index contributed by atoms with van der Waals surface area (Å²) in [6, 6.07) is 6.14. The van der Waals surface area contributed by atoms with Gasteiger partial charge in [-0.15, -0.1) is 0 Å². The molecule has 0 spiro atoms. The first-order chi connectivity index (χ1) is 8.29. The van der Waals surface area contributed by atoms with Crippen LogP contribution in [0.5, 0.6) is 0 Å². The molecular formula is C12H16N2O4. The van der Waals surface area contributed by atoms with Crippen LogP contribution in [0.2, 0.25) is 0 Å². The Morgan fingerprint density at radius 2 is 2.00 bits per heavy atom. The molecule has 6 heteroatoms. The number of esters is 1. The first kappa shape index (κ1) is 14.0. The van der Waals surface area contributed by atoms with Crippen molar-refractivity contribution in [2.75, 3.05) is 11.9 Å². The van der Waals surface area contributed by atoms with E-state index in [1.54, 1.807) is 39.0 Å². The molecule has 0 saturated heterocycles. The number of carbonyl (C=O) groups is 1. The van der Waals surface area contributed by atoms with Gasteiger partial charge in [0.1, 0.15) is 17.8 Å². The zero-order chi connectivity index (χ0) is 13.8. The summed E-state index contributed by atoms with van der Waals surface area (Å²) in [5.41, 5.74) is -0.337. The van der Waals surface area contributed by atoms with Gasteiger partial charge in [-0.1, -0.05) is 12.1 Å². The number of nitrogens with one attached hydrogen (secondary N) is 1. The van der Waals surface area contributed by atoms with E-state index in [0.717, 1.165) is 0 Å². The SMILES string of the molecule is CC(C)(C)OC(=O)CNc1ccccc1[N+](=O)[O-]. The van der Waals surface area contributed by atoms with Crippen LogP contribution in [0.3, 0.4) is 0 Å². The maximum Gasteiger partial charge on any atom is 0.325 e. The van der Waals surface area contributed by atoms with Crippen LogP contribution in [0.4, 0.5) is 11.4 Å². The van der Waals surface area contributed by atoms with Crippen molar-refractivity contribution in [3.8, 4) is 0 Å². The van der Waals surface area contributed by atoms with Gasteiger partial charge >= 0.3 is 5.97 Å². The summed E-state index contributed by atoms with van der Waals surface area (Å²) >= 11 is 0. The number of nitro groups is 1. The Balaban J connectivity index is 2.64. The van der Waals surface area contributed by atoms with E-state index in [1.165, 1.54) is 6.07 Å². The van der Waals surface area contributed by atoms with Gasteiger partial charge in [-0.25, -0.2) is 0 Å². The fraction of sp³-hybridized carbons (Fsp3) is 0.417. The molecule has 0 unspecified atom stereocenters. The molecule has 0 aliphatic carbocycles. The van der Waals surface area contributed by atoms with Crippen LogP contribution in [0.15, 0.2) is 24.3 Å². The van der Waals surface area contributed by atoms with E-state index in [4.69, 9.17) is 4.74 Å². The largest absolute Gasteiger partial charge is 0.459 e. The first-order valence-electron chi connectivity index (χ1n) is 5.49. The molecule has 0 amide bonds. The minimum Gasteiger partial charge on any atom is -0.459 e. The fourth-order valence-electron chi connectivity index (χ4n) is 1.33. The molecule has 1 N–H and O–H groups in total. The lowest BCUT2D eigenvalue weighted by Gasteiger charge is -2.19. The normalized spacial score (nSPS) is 10.8. The van der Waals surface area contributed by atoms with Crippen molar-refractivity contribution < 1.29 is 14.5 Å². The zero-order valence-electron chi connectivity index (χ0n) is 10.6. The van der Waals surface area contributed by atoms with Crippen LogP contribution in [-0.2, 0) is 9.53 Å². The molecule has 6 nitrogen and oxygen atoms in total. The van der Waals surface area contributed by atoms with E-state index in [1.807, 2.05) is 0 Å². The average Bonchev–Trinajstić information content (AvgIpc) is 2.24. The summed E-state index contributed by atoms with van der Waals surface area (Å²) in [6.07, 6.45) is 0. The number of nitro benzene ring substituents is 1. The van der Waals surface area contributed by atoms with E-state index < -0.39 is 16.5 Å². The van der Waals surface area contributed by atoms with Gasteiger partial charge in [0.15, 0.2) is 0 Å². The Bertz CT molecular complexity index is 452. The predicted octanol–water partition coefficient (Wildman–Crippen LogP) is 2.35. The van der Waals surface area contributed by atoms with Crippen LogP contribution < -0.4 is 5.32 Å². The van der Waals surface area contributed by atoms with Crippen LogP contribution in [0.1, 0.15) is 20.8 Å². The van der Waals surface area contributed by atoms with Gasteiger partial charge < -0.3 is 10.1 Å². The number of carbonyl (C=O) groups excluding carboxylic acids is 1. The number of hydrogen-bond donors (Lipinski definition) is 1. The van der Waals surface area contributed by atoms with E-state index in [9.17, 15) is 14.9 Å². The minimum atomic E-state index is -0.568. The number of para-hydroxylation sites is 2. The van der Waals surface area contributed by atoms with Crippen molar-refractivity contribution in [3.05, 3.63) is 34.4 Å². The molecule has 0 atom stereocenters. The van der Waals surface area contributed by atoms with E-state index in [0.29, 0.717) is 5.69 Å². The third-order valence-electron chi connectivity index (χ3n) is 1.94. The molecule has 0 aromatic heterocycles. The number of rotatable bonds is 4. The Labute approximate surface area is 105 Å². The highest BCUT2D eigenvalue weighted by molar-refractivity contribution is 5.77. The van der Waals surface area contributed by atoms with Crippen molar-refractivity contribution >= 4 is 17.3 Å². The molecule has 0 heterocycles. The highest BCUT2D eigenvalue weighted by atomic mass is 16.6. The third kappa shape index (κ3) is 4.40. The highest BCUT2D eigenvalue weighted by Crippen LogP contribution is 2.22. The van der Waals surface area contributed by atoms with Gasteiger partial charge in [-0.05, 0) is 26.8 Å². The number of anilines is 1. The maximum atomic E-state index is 11.5. The number of nitrogens with zero attached hydrogens (tertiary/aromatic N) is 1. The third-order valence-corrected chi connectivity index (χ3v) is 1.94. The molecule has 1 aromatic carbocycles. The topological polar surface area (TPSA) is 81.5 Å². The van der Waals surface area contributed by atoms with E-state index in [2.05, 4.69) is 5.32 Å². The van der Waals surface area contributed by atoms with Gasteiger partial charge in [0, 0.05) is 6.07 Å². The molecular weight excluding hydrogens is 236 g/mol. The van der Waals surface area contributed by atoms with Gasteiger partial charge in [-0.2, -0.15) is 0 Å². The summed E-state index contributed by atoms with van der Waals surface area (Å²) in [5, 5.41) is 13.4. The second-order valence-corrected chi connectivity index (χ2v) is 4.71. The second kappa shape index (κ2) is 5.48. The second-order valence-electron chi connectivity index (χ2n) is 4.71. The molecule has 1 rings (SSSR count). The minimum absolute atomic E-state index is 0.0685. The molecule has 98 valence electrons. The fourth-order valence-corrected chi connectivity index (χ4v) is 1.33. The Morgan fingerprint density at radius 3 is 2.56 bits per heavy atom. The average molecular weight is 252 g/mol. The molecule has 0 aliphatic rings. The monoisotopic (exact) mass is 252 g/mol. The Hall–Kier alpha value is -2.11. The van der Waals surface area contributed by atoms with Crippen LogP contribution in [-0.4, -0.2) is 23.0 Å². The Morgan fingerprint density at radius 1 is 1.39 bits per heavy atom. The molecule has 0 saturated carbocycles. The van der Waals surface area contributed by atoms with Crippen molar-refractivity contribution in [3.63, 3.8) is 0 Å². The van der Waals surface area contributed by atoms with Gasteiger partial charge in [-0.3, -0.25) is 14.9 Å². The van der Waals surface area contributed by atoms with Crippen molar-refractivity contribution in [1.82, 2.24) is 0 Å². The number of hydrogen-bond acceptors (Lipinski definition) is 5. The summed E-state index contributed by atoms with van der Waals surface area (Å²) in [6.45, 7) is 5.17. The lowest BCUT2D eigenvalue weighted by atomic mass is 10.2. The van der Waals surface area contributed by atoms with Crippen molar-refractivity contribution in [2.24, 2.45) is 0 Å². The molecule has 0 bridgehead atoms. The summed E-state index contributed by atoms with van der Waals surface area (Å²) < 4.78 is 5.09. The standard InChI is InChI=1S/C12H16N2O4/c1-12(2,3)18-11(15)8-13-9-6-4-5-7-10(9)14(16)17/h4-7,13H,8H2,1-3H3. The van der Waals surface area contributed by atoms with Gasteiger partial charge in [0.2, 0.25) is 0 Å². The smallest absolute Gasteiger partial charge is 0.325 e. The Kier molecular flexibility index (Phi) is 4.25. The summed E-state index contributed by atoms with van der Waals surface area (Å²) in [5.74, 6) is -0.458. The molecule has 0 radical (unpaired) electrons. The molecule has 0 aliphatic heterocycles. The first-order valence-corrected chi connectivity index (χ1v) is 5.49. The van der Waals surface area contributed by atoms with Crippen LogP contribution in [0, 0.1) is 10.1 Å². The van der Waals surface area contributed by atoms with Crippen LogP contribution >= 0.6 is 0 Å². The van der Waals surface area contributed by atoms with Crippen molar-refractivity contribution in [1.29, 1.82) is 0 Å². The summed E-state index contributed by atoms with van der Waals surface area (Å²) in [4.78, 5) is 21.7. The van der Waals surface area contributed by atoms with Crippen molar-refractivity contribution in [2.45, 2.75) is 26.4 Å². The van der Waals surface area contributed by atoms with Crippen LogP contribution in [0.25, 0.3) is 0 Å². The number of benzene rings is 1. The molecule has 0 fully saturated rings. The highest BCUT2D eigenvalue weighted by Gasteiger charge is 2.17. The predicted molar refractivity (Wildman–Crippen MR) is 67.4 cm³/mol. The van der Waals surface area contributed by atoms with Gasteiger partial charge in [0.25, 0.3) is 5.69 Å². The van der Waals surface area contributed by atoms with E-state index >= 15 is 0 Å². The molecule has 1 aromatic rings. The number of ether oxygens (including phenoxy) is 1. The summed E-state index contributed by atoms with van der Waals surface area (Å²) in [7, 11) is 0. The lowest BCUT2D eigenvalue weighted by Crippen LogP contribution is -2.28. The quantitative estimate of drug-likeness (QED) is 0.505. The van der Waals surface area contributed by atoms with E-state index in [-0.39, 0.29) is 12.2 Å².